The van der Waals surface area contributed by atoms with E-state index in [9.17, 15) is 23.3 Å². The number of nitro benzene ring substituents is 1. The summed E-state index contributed by atoms with van der Waals surface area (Å²) in [6.45, 7) is 6.94. The van der Waals surface area contributed by atoms with Crippen molar-refractivity contribution < 1.29 is 18.1 Å². The van der Waals surface area contributed by atoms with Crippen molar-refractivity contribution in [1.82, 2.24) is 4.31 Å². The Morgan fingerprint density at radius 3 is 2.24 bits per heavy atom. The van der Waals surface area contributed by atoms with E-state index in [2.05, 4.69) is 22.9 Å². The van der Waals surface area contributed by atoms with E-state index in [1.807, 2.05) is 0 Å². The lowest BCUT2D eigenvalue weighted by atomic mass is 10.2. The summed E-state index contributed by atoms with van der Waals surface area (Å²) in [4.78, 5) is 22.8. The molecule has 0 aromatic heterocycles. The van der Waals surface area contributed by atoms with Gasteiger partial charge in [0.2, 0.25) is 15.9 Å². The quantitative estimate of drug-likeness (QED) is 0.226. The number of benzene rings is 2. The van der Waals surface area contributed by atoms with Crippen molar-refractivity contribution in [1.29, 1.82) is 0 Å². The van der Waals surface area contributed by atoms with Gasteiger partial charge in [-0.2, -0.15) is 4.31 Å². The Balaban J connectivity index is 2.18. The van der Waals surface area contributed by atoms with Gasteiger partial charge in [-0.15, -0.1) is 0 Å². The number of amides is 1. The molecule has 10 nitrogen and oxygen atoms in total. The predicted octanol–water partition coefficient (Wildman–Crippen LogP) is 3.89. The van der Waals surface area contributed by atoms with Crippen molar-refractivity contribution in [3.8, 4) is 0 Å². The Morgan fingerprint density at radius 1 is 1.00 bits per heavy atom. The lowest BCUT2D eigenvalue weighted by Crippen LogP contribution is -2.30. The summed E-state index contributed by atoms with van der Waals surface area (Å²) in [6, 6.07) is 10.3. The van der Waals surface area contributed by atoms with Crippen molar-refractivity contribution in [2.75, 3.05) is 42.1 Å². The van der Waals surface area contributed by atoms with Gasteiger partial charge in [0.25, 0.3) is 5.69 Å². The molecule has 180 valence electrons. The fraction of sp³-hybridized carbons (Fsp3) is 0.409. The van der Waals surface area contributed by atoms with E-state index in [0.717, 1.165) is 12.8 Å². The van der Waals surface area contributed by atoms with Crippen LogP contribution in [0.2, 0.25) is 0 Å². The first-order valence-corrected chi connectivity index (χ1v) is 12.3. The molecule has 0 aliphatic carbocycles. The minimum atomic E-state index is -3.65. The molecule has 0 aliphatic heterocycles. The highest BCUT2D eigenvalue weighted by molar-refractivity contribution is 7.89. The summed E-state index contributed by atoms with van der Waals surface area (Å²) in [7, 11) is -3.65. The second-order valence-corrected chi connectivity index (χ2v) is 9.22. The normalized spacial score (nSPS) is 11.3. The Labute approximate surface area is 194 Å². The van der Waals surface area contributed by atoms with Gasteiger partial charge in [0.1, 0.15) is 0 Å². The van der Waals surface area contributed by atoms with Crippen LogP contribution in [0.4, 0.5) is 22.7 Å². The van der Waals surface area contributed by atoms with Crippen molar-refractivity contribution in [3.63, 3.8) is 0 Å². The molecule has 0 unspecified atom stereocenters. The fourth-order valence-corrected chi connectivity index (χ4v) is 4.63. The van der Waals surface area contributed by atoms with Crippen LogP contribution in [-0.2, 0) is 14.8 Å². The number of nitrogens with one attached hydrogen (secondary N) is 3. The first-order chi connectivity index (χ1) is 15.7. The maximum absolute atomic E-state index is 12.9. The molecule has 3 N–H and O–H groups in total. The Hall–Kier alpha value is -3.18. The Morgan fingerprint density at radius 2 is 1.67 bits per heavy atom. The van der Waals surface area contributed by atoms with Crippen molar-refractivity contribution >= 4 is 38.7 Å². The maximum atomic E-state index is 12.9. The number of carbonyl (C=O) groups is 1. The smallest absolute Gasteiger partial charge is 0.269 e. The zero-order valence-electron chi connectivity index (χ0n) is 19.1. The molecule has 2 rings (SSSR count). The van der Waals surface area contributed by atoms with Crippen LogP contribution in [-0.4, -0.2) is 49.7 Å². The van der Waals surface area contributed by atoms with E-state index in [1.165, 1.54) is 34.6 Å². The molecule has 0 spiro atoms. The van der Waals surface area contributed by atoms with Crippen molar-refractivity contribution in [3.05, 3.63) is 52.6 Å². The van der Waals surface area contributed by atoms with Gasteiger partial charge in [0.05, 0.1) is 27.7 Å². The molecule has 0 aliphatic rings. The average Bonchev–Trinajstić information content (AvgIpc) is 2.79. The standard InChI is InChI=1S/C22H31N5O5S/c1-4-7-14-23-20-13-12-19(33(31,32)26(5-2)6-3)15-21(20)24-16-22(28)25-17-8-10-18(11-9-17)27(29)30/h8-13,15,23-24H,4-7,14,16H2,1-3H3,(H,25,28). The molecule has 0 bridgehead atoms. The van der Waals surface area contributed by atoms with Crippen LogP contribution in [0.25, 0.3) is 0 Å². The zero-order chi connectivity index (χ0) is 24.4. The van der Waals surface area contributed by atoms with Crippen LogP contribution in [0, 0.1) is 10.1 Å². The molecule has 0 heterocycles. The van der Waals surface area contributed by atoms with Crippen LogP contribution in [0.15, 0.2) is 47.4 Å². The number of rotatable bonds is 13. The number of nitrogens with zero attached hydrogens (tertiary/aromatic N) is 2. The molecule has 2 aromatic rings. The van der Waals surface area contributed by atoms with Gasteiger partial charge in [0.15, 0.2) is 0 Å². The molecule has 33 heavy (non-hydrogen) atoms. The number of hydrogen-bond donors (Lipinski definition) is 3. The summed E-state index contributed by atoms with van der Waals surface area (Å²) in [5, 5.41) is 19.7. The van der Waals surface area contributed by atoms with Crippen LogP contribution in [0.3, 0.4) is 0 Å². The summed E-state index contributed by atoms with van der Waals surface area (Å²) in [5.74, 6) is -0.375. The number of hydrogen-bond acceptors (Lipinski definition) is 7. The van der Waals surface area contributed by atoms with Crippen molar-refractivity contribution in [2.45, 2.75) is 38.5 Å². The zero-order valence-corrected chi connectivity index (χ0v) is 19.9. The first-order valence-electron chi connectivity index (χ1n) is 10.9. The molecule has 0 radical (unpaired) electrons. The average molecular weight is 478 g/mol. The molecule has 0 atom stereocenters. The fourth-order valence-electron chi connectivity index (χ4n) is 3.14. The molecule has 2 aromatic carbocycles. The van der Waals surface area contributed by atoms with Gasteiger partial charge < -0.3 is 16.0 Å². The van der Waals surface area contributed by atoms with Crippen LogP contribution < -0.4 is 16.0 Å². The van der Waals surface area contributed by atoms with E-state index < -0.39 is 14.9 Å². The number of nitro groups is 1. The minimum absolute atomic E-state index is 0.0693. The van der Waals surface area contributed by atoms with Gasteiger partial charge >= 0.3 is 0 Å². The highest BCUT2D eigenvalue weighted by Crippen LogP contribution is 2.27. The molecular formula is C22H31N5O5S. The Bertz CT molecular complexity index is 1050. The Kier molecular flexibility index (Phi) is 9.61. The van der Waals surface area contributed by atoms with E-state index in [0.29, 0.717) is 36.7 Å². The van der Waals surface area contributed by atoms with Gasteiger partial charge in [0, 0.05) is 37.5 Å². The second kappa shape index (κ2) is 12.2. The van der Waals surface area contributed by atoms with E-state index >= 15 is 0 Å². The molecule has 11 heteroatoms. The molecule has 0 saturated carbocycles. The third-order valence-corrected chi connectivity index (χ3v) is 7.03. The summed E-state index contributed by atoms with van der Waals surface area (Å²) in [6.07, 6.45) is 1.95. The second-order valence-electron chi connectivity index (χ2n) is 7.28. The largest absolute Gasteiger partial charge is 0.383 e. The summed E-state index contributed by atoms with van der Waals surface area (Å²) >= 11 is 0. The van der Waals surface area contributed by atoms with Gasteiger partial charge in [-0.25, -0.2) is 8.42 Å². The molecule has 0 saturated heterocycles. The van der Waals surface area contributed by atoms with Crippen LogP contribution in [0.5, 0.6) is 0 Å². The van der Waals surface area contributed by atoms with E-state index in [4.69, 9.17) is 0 Å². The highest BCUT2D eigenvalue weighted by atomic mass is 32.2. The van der Waals surface area contributed by atoms with Crippen molar-refractivity contribution in [2.24, 2.45) is 0 Å². The predicted molar refractivity (Wildman–Crippen MR) is 130 cm³/mol. The van der Waals surface area contributed by atoms with E-state index in [-0.39, 0.29) is 23.0 Å². The number of non-ortho nitro benzene ring substituents is 1. The topological polar surface area (TPSA) is 134 Å². The molecule has 1 amide bonds. The van der Waals surface area contributed by atoms with E-state index in [1.54, 1.807) is 26.0 Å². The van der Waals surface area contributed by atoms with Gasteiger partial charge in [-0.1, -0.05) is 27.2 Å². The van der Waals surface area contributed by atoms with Gasteiger partial charge in [-0.05, 0) is 36.8 Å². The number of unbranched alkanes of at least 4 members (excludes halogenated alkanes) is 1. The number of anilines is 3. The minimum Gasteiger partial charge on any atom is -0.383 e. The third kappa shape index (κ3) is 7.16. The monoisotopic (exact) mass is 477 g/mol. The molecular weight excluding hydrogens is 446 g/mol. The maximum Gasteiger partial charge on any atom is 0.269 e. The highest BCUT2D eigenvalue weighted by Gasteiger charge is 2.22. The lowest BCUT2D eigenvalue weighted by molar-refractivity contribution is -0.384. The molecule has 0 fully saturated rings. The lowest BCUT2D eigenvalue weighted by Gasteiger charge is -2.20. The number of sulfonamides is 1. The third-order valence-electron chi connectivity index (χ3n) is 4.98. The summed E-state index contributed by atoms with van der Waals surface area (Å²) in [5.41, 5.74) is 1.55. The van der Waals surface area contributed by atoms with Crippen LogP contribution in [0.1, 0.15) is 33.6 Å². The van der Waals surface area contributed by atoms with Gasteiger partial charge in [-0.3, -0.25) is 14.9 Å². The van der Waals surface area contributed by atoms with Crippen LogP contribution >= 0.6 is 0 Å². The number of carbonyl (C=O) groups excluding carboxylic acids is 1. The summed E-state index contributed by atoms with van der Waals surface area (Å²) < 4.78 is 27.2. The SMILES string of the molecule is CCCCNc1ccc(S(=O)(=O)N(CC)CC)cc1NCC(=O)Nc1ccc([N+](=O)[O-])cc1. The first kappa shape index (κ1) is 26.1.